The van der Waals surface area contributed by atoms with Crippen LogP contribution < -0.4 is 10.6 Å². The zero-order valence-corrected chi connectivity index (χ0v) is 14.1. The highest BCUT2D eigenvalue weighted by atomic mass is 16.6. The van der Waals surface area contributed by atoms with Crippen LogP contribution in [0.25, 0.3) is 0 Å². The number of nitrogens with zero attached hydrogens (tertiary/aromatic N) is 2. The summed E-state index contributed by atoms with van der Waals surface area (Å²) >= 11 is 0. The first kappa shape index (κ1) is 16.6. The molecule has 0 aliphatic heterocycles. The molecule has 2 N–H and O–H groups in total. The van der Waals surface area contributed by atoms with E-state index in [1.165, 1.54) is 12.8 Å². The summed E-state index contributed by atoms with van der Waals surface area (Å²) in [6.07, 6.45) is 8.16. The van der Waals surface area contributed by atoms with Crippen LogP contribution >= 0.6 is 0 Å². The molecule has 1 aliphatic carbocycles. The molecule has 1 amide bonds. The SMILES string of the molecule is Cn1cc(NC2CCCCC2CNC(=O)OC(C)(C)C)cn1. The van der Waals surface area contributed by atoms with Crippen molar-refractivity contribution in [2.75, 3.05) is 11.9 Å². The molecule has 0 radical (unpaired) electrons. The molecule has 6 nitrogen and oxygen atoms in total. The fourth-order valence-electron chi connectivity index (χ4n) is 2.88. The zero-order chi connectivity index (χ0) is 16.2. The Labute approximate surface area is 132 Å². The van der Waals surface area contributed by atoms with Gasteiger partial charge in [0.1, 0.15) is 5.60 Å². The third-order valence-corrected chi connectivity index (χ3v) is 3.87. The van der Waals surface area contributed by atoms with E-state index in [4.69, 9.17) is 4.74 Å². The number of aryl methyl sites for hydroxylation is 1. The molecule has 1 aliphatic rings. The Hall–Kier alpha value is -1.72. The van der Waals surface area contributed by atoms with E-state index in [-0.39, 0.29) is 6.09 Å². The highest BCUT2D eigenvalue weighted by Gasteiger charge is 2.26. The van der Waals surface area contributed by atoms with E-state index in [9.17, 15) is 4.79 Å². The van der Waals surface area contributed by atoms with Gasteiger partial charge in [0, 0.05) is 25.8 Å². The number of rotatable bonds is 4. The first-order valence-corrected chi connectivity index (χ1v) is 8.05. The number of carbonyl (C=O) groups is 1. The number of hydrogen-bond acceptors (Lipinski definition) is 4. The second-order valence-electron chi connectivity index (χ2n) is 7.08. The molecule has 124 valence electrons. The van der Waals surface area contributed by atoms with Crippen LogP contribution in [0.4, 0.5) is 10.5 Å². The molecule has 0 saturated heterocycles. The summed E-state index contributed by atoms with van der Waals surface area (Å²) in [6, 6.07) is 0.368. The van der Waals surface area contributed by atoms with Crippen LogP contribution in [0.15, 0.2) is 12.4 Å². The average molecular weight is 308 g/mol. The number of nitrogens with one attached hydrogen (secondary N) is 2. The molecule has 1 saturated carbocycles. The summed E-state index contributed by atoms with van der Waals surface area (Å²) < 4.78 is 7.09. The normalized spacial score (nSPS) is 22.2. The van der Waals surface area contributed by atoms with Gasteiger partial charge in [-0.15, -0.1) is 0 Å². The highest BCUT2D eigenvalue weighted by Crippen LogP contribution is 2.26. The molecule has 1 heterocycles. The number of anilines is 1. The lowest BCUT2D eigenvalue weighted by molar-refractivity contribution is 0.0514. The number of ether oxygens (including phenoxy) is 1. The quantitative estimate of drug-likeness (QED) is 0.897. The molecule has 2 unspecified atom stereocenters. The van der Waals surface area contributed by atoms with Gasteiger partial charge in [-0.3, -0.25) is 4.68 Å². The van der Waals surface area contributed by atoms with E-state index in [1.54, 1.807) is 4.68 Å². The van der Waals surface area contributed by atoms with E-state index in [0.717, 1.165) is 18.5 Å². The Balaban J connectivity index is 1.85. The Morgan fingerprint density at radius 2 is 2.14 bits per heavy atom. The largest absolute Gasteiger partial charge is 0.444 e. The second kappa shape index (κ2) is 7.03. The fraction of sp³-hybridized carbons (Fsp3) is 0.750. The maximum atomic E-state index is 11.8. The number of carbonyl (C=O) groups excluding carboxylic acids is 1. The molecule has 1 aromatic heterocycles. The molecule has 1 aromatic rings. The van der Waals surface area contributed by atoms with Crippen LogP contribution in [0, 0.1) is 5.92 Å². The van der Waals surface area contributed by atoms with Crippen molar-refractivity contribution in [1.29, 1.82) is 0 Å². The summed E-state index contributed by atoms with van der Waals surface area (Å²) in [7, 11) is 1.91. The van der Waals surface area contributed by atoms with E-state index in [0.29, 0.717) is 18.5 Å². The number of aromatic nitrogens is 2. The van der Waals surface area contributed by atoms with Gasteiger partial charge in [0.15, 0.2) is 0 Å². The van der Waals surface area contributed by atoms with E-state index < -0.39 is 5.60 Å². The average Bonchev–Trinajstić information content (AvgIpc) is 2.81. The standard InChI is InChI=1S/C16H28N4O2/c1-16(2,3)22-15(21)17-9-12-7-5-6-8-14(12)19-13-10-18-20(4)11-13/h10-12,14,19H,5-9H2,1-4H3,(H,17,21). The number of alkyl carbamates (subject to hydrolysis) is 1. The van der Waals surface area contributed by atoms with Gasteiger partial charge in [-0.05, 0) is 39.5 Å². The third kappa shape index (κ3) is 5.24. The van der Waals surface area contributed by atoms with Gasteiger partial charge < -0.3 is 15.4 Å². The van der Waals surface area contributed by atoms with Crippen molar-refractivity contribution in [2.24, 2.45) is 13.0 Å². The van der Waals surface area contributed by atoms with Crippen molar-refractivity contribution in [2.45, 2.75) is 58.1 Å². The molecule has 0 aromatic carbocycles. The maximum Gasteiger partial charge on any atom is 0.407 e. The lowest BCUT2D eigenvalue weighted by atomic mass is 9.84. The Morgan fingerprint density at radius 1 is 1.41 bits per heavy atom. The topological polar surface area (TPSA) is 68.2 Å². The fourth-order valence-corrected chi connectivity index (χ4v) is 2.88. The third-order valence-electron chi connectivity index (χ3n) is 3.87. The van der Waals surface area contributed by atoms with Crippen molar-refractivity contribution < 1.29 is 9.53 Å². The van der Waals surface area contributed by atoms with Gasteiger partial charge in [-0.25, -0.2) is 4.79 Å². The first-order chi connectivity index (χ1) is 10.3. The van der Waals surface area contributed by atoms with Gasteiger partial charge in [0.2, 0.25) is 0 Å². The molecular weight excluding hydrogens is 280 g/mol. The summed E-state index contributed by atoms with van der Waals surface area (Å²) in [5, 5.41) is 10.6. The minimum Gasteiger partial charge on any atom is -0.444 e. The van der Waals surface area contributed by atoms with Crippen molar-refractivity contribution in [3.8, 4) is 0 Å². The predicted molar refractivity (Wildman–Crippen MR) is 86.8 cm³/mol. The monoisotopic (exact) mass is 308 g/mol. The Bertz CT molecular complexity index is 493. The first-order valence-electron chi connectivity index (χ1n) is 8.05. The minimum absolute atomic E-state index is 0.335. The Morgan fingerprint density at radius 3 is 2.77 bits per heavy atom. The van der Waals surface area contributed by atoms with E-state index in [2.05, 4.69) is 15.7 Å². The molecule has 1 fully saturated rings. The van der Waals surface area contributed by atoms with Crippen LogP contribution in [0.5, 0.6) is 0 Å². The lowest BCUT2D eigenvalue weighted by Gasteiger charge is -2.32. The minimum atomic E-state index is -0.454. The second-order valence-corrected chi connectivity index (χ2v) is 7.08. The van der Waals surface area contributed by atoms with Crippen LogP contribution in [0.1, 0.15) is 46.5 Å². The van der Waals surface area contributed by atoms with Gasteiger partial charge in [0.05, 0.1) is 11.9 Å². The van der Waals surface area contributed by atoms with E-state index in [1.807, 2.05) is 40.2 Å². The molecule has 0 bridgehead atoms. The van der Waals surface area contributed by atoms with Crippen molar-refractivity contribution >= 4 is 11.8 Å². The molecule has 0 spiro atoms. The van der Waals surface area contributed by atoms with Crippen LogP contribution in [-0.2, 0) is 11.8 Å². The summed E-state index contributed by atoms with van der Waals surface area (Å²) in [5.41, 5.74) is 0.584. The summed E-state index contributed by atoms with van der Waals surface area (Å²) in [4.78, 5) is 11.8. The van der Waals surface area contributed by atoms with Crippen LogP contribution in [-0.4, -0.2) is 34.1 Å². The Kier molecular flexibility index (Phi) is 5.32. The van der Waals surface area contributed by atoms with Crippen LogP contribution in [0.3, 0.4) is 0 Å². The summed E-state index contributed by atoms with van der Waals surface area (Å²) in [6.45, 7) is 6.27. The molecule has 6 heteroatoms. The molecule has 22 heavy (non-hydrogen) atoms. The van der Waals surface area contributed by atoms with Crippen molar-refractivity contribution in [3.05, 3.63) is 12.4 Å². The van der Waals surface area contributed by atoms with Crippen molar-refractivity contribution in [3.63, 3.8) is 0 Å². The zero-order valence-electron chi connectivity index (χ0n) is 14.1. The van der Waals surface area contributed by atoms with Crippen molar-refractivity contribution in [1.82, 2.24) is 15.1 Å². The summed E-state index contributed by atoms with van der Waals surface area (Å²) in [5.74, 6) is 0.418. The molecule has 2 atom stereocenters. The highest BCUT2D eigenvalue weighted by molar-refractivity contribution is 5.67. The van der Waals surface area contributed by atoms with Crippen LogP contribution in [0.2, 0.25) is 0 Å². The number of hydrogen-bond donors (Lipinski definition) is 2. The molecule has 2 rings (SSSR count). The molecular formula is C16H28N4O2. The lowest BCUT2D eigenvalue weighted by Crippen LogP contribution is -2.42. The van der Waals surface area contributed by atoms with Gasteiger partial charge in [-0.2, -0.15) is 5.10 Å². The predicted octanol–water partition coefficient (Wildman–Crippen LogP) is 2.92. The number of amides is 1. The maximum absolute atomic E-state index is 11.8. The van der Waals surface area contributed by atoms with E-state index >= 15 is 0 Å². The van der Waals surface area contributed by atoms with Gasteiger partial charge in [0.25, 0.3) is 0 Å². The van der Waals surface area contributed by atoms with Gasteiger partial charge in [-0.1, -0.05) is 12.8 Å². The smallest absolute Gasteiger partial charge is 0.407 e. The van der Waals surface area contributed by atoms with Gasteiger partial charge >= 0.3 is 6.09 Å².